The van der Waals surface area contributed by atoms with Crippen molar-refractivity contribution in [3.63, 3.8) is 0 Å². The Labute approximate surface area is 405 Å². The third kappa shape index (κ3) is 5.99. The van der Waals surface area contributed by atoms with Crippen LogP contribution in [0.5, 0.6) is 0 Å². The van der Waals surface area contributed by atoms with Crippen LogP contribution in [0.3, 0.4) is 0 Å². The third-order valence-corrected chi connectivity index (χ3v) is 17.3. The Balaban J connectivity index is 1.17. The molecule has 0 saturated heterocycles. The number of benzene rings is 8. The molecule has 0 radical (unpaired) electrons. The maximum Gasteiger partial charge on any atom is 0.254 e. The van der Waals surface area contributed by atoms with Crippen molar-refractivity contribution >= 4 is 106 Å². The minimum atomic E-state index is -0.0870. The highest BCUT2D eigenvalue weighted by atomic mass is 32.1. The third-order valence-electron chi connectivity index (χ3n) is 16.1. The van der Waals surface area contributed by atoms with E-state index in [1.165, 1.54) is 89.6 Å². The summed E-state index contributed by atoms with van der Waals surface area (Å²) in [7, 11) is 0. The highest BCUT2D eigenvalue weighted by Crippen LogP contribution is 2.62. The summed E-state index contributed by atoms with van der Waals surface area (Å²) >= 11 is 1.93. The lowest BCUT2D eigenvalue weighted by Crippen LogP contribution is -2.61. The fourth-order valence-corrected chi connectivity index (χ4v) is 13.9. The van der Waals surface area contributed by atoms with E-state index in [9.17, 15) is 0 Å². The van der Waals surface area contributed by atoms with E-state index >= 15 is 0 Å². The van der Waals surface area contributed by atoms with Crippen LogP contribution in [0.1, 0.15) is 71.4 Å². The molecule has 4 aliphatic rings. The standard InChI is InChI=1S/C62H55BN4S/c1-60(2,3)42-32-34-46(35-33-42)66-55-39-48(64(43-22-10-6-11-23-43)44-24-12-7-13-25-44)38-54-58(55)63(57-49-30-18-19-31-56(49)68-59(57)66)51-41-52-50(40-53(51)65(54)45-26-14-8-15-27-45)61(4)36-20-21-37-62(61,5)67(52)47-28-16-9-17-29-47/h6-19,22-35,38-41H,20-21,36-37H2,1-5H3. The van der Waals surface area contributed by atoms with Crippen molar-refractivity contribution in [3.8, 4) is 0 Å². The first-order valence-electron chi connectivity index (χ1n) is 24.5. The Kier molecular flexibility index (Phi) is 9.24. The van der Waals surface area contributed by atoms with E-state index in [0.717, 1.165) is 35.6 Å². The maximum atomic E-state index is 2.75. The van der Waals surface area contributed by atoms with E-state index < -0.39 is 0 Å². The van der Waals surface area contributed by atoms with Crippen LogP contribution in [0.25, 0.3) is 10.1 Å². The molecule has 2 unspecified atom stereocenters. The molecule has 68 heavy (non-hydrogen) atoms. The van der Waals surface area contributed by atoms with Crippen molar-refractivity contribution in [2.45, 2.75) is 76.7 Å². The summed E-state index contributed by atoms with van der Waals surface area (Å²) in [5.41, 5.74) is 18.8. The summed E-state index contributed by atoms with van der Waals surface area (Å²) in [5, 5.41) is 2.62. The highest BCUT2D eigenvalue weighted by Gasteiger charge is 2.59. The van der Waals surface area contributed by atoms with Gasteiger partial charge in [-0.3, -0.25) is 0 Å². The maximum absolute atomic E-state index is 2.75. The Bertz CT molecular complexity index is 3340. The van der Waals surface area contributed by atoms with Crippen molar-refractivity contribution in [1.29, 1.82) is 0 Å². The van der Waals surface area contributed by atoms with Gasteiger partial charge in [0.2, 0.25) is 0 Å². The second kappa shape index (κ2) is 15.2. The number of rotatable bonds is 6. The zero-order valence-electron chi connectivity index (χ0n) is 39.6. The number of thiophene rings is 1. The quantitative estimate of drug-likeness (QED) is 0.154. The second-order valence-corrected chi connectivity index (χ2v) is 21.9. The van der Waals surface area contributed by atoms with Gasteiger partial charge in [0.15, 0.2) is 0 Å². The van der Waals surface area contributed by atoms with Crippen LogP contribution in [-0.2, 0) is 10.8 Å². The van der Waals surface area contributed by atoms with Crippen LogP contribution >= 0.6 is 11.3 Å². The Hall–Kier alpha value is -7.02. The molecule has 9 aromatic rings. The molecule has 3 aliphatic heterocycles. The van der Waals surface area contributed by atoms with Crippen LogP contribution in [0, 0.1) is 0 Å². The van der Waals surface area contributed by atoms with E-state index in [-0.39, 0.29) is 23.1 Å². The van der Waals surface area contributed by atoms with E-state index in [0.29, 0.717) is 0 Å². The molecular weight excluding hydrogens is 844 g/mol. The summed E-state index contributed by atoms with van der Waals surface area (Å²) in [6, 6.07) is 73.1. The molecular formula is C62H55BN4S. The SMILES string of the molecule is CC(C)(C)c1ccc(N2c3cc(N(c4ccccc4)c4ccccc4)cc4c3B(c3cc5c(cc3N4c3ccccc3)C3(C)CCCCC3(C)N5c3ccccc3)c3c2sc2ccccc32)cc1. The zero-order valence-corrected chi connectivity index (χ0v) is 40.4. The molecule has 8 aromatic carbocycles. The molecule has 13 rings (SSSR count). The molecule has 6 heteroatoms. The molecule has 0 spiro atoms. The fraction of sp³-hybridized carbons (Fsp3) is 0.194. The summed E-state index contributed by atoms with van der Waals surface area (Å²) in [6.45, 7) is 12.0. The number of para-hydroxylation sites is 4. The van der Waals surface area contributed by atoms with Gasteiger partial charge in [-0.1, -0.05) is 144 Å². The highest BCUT2D eigenvalue weighted by molar-refractivity contribution is 7.26. The van der Waals surface area contributed by atoms with E-state index in [2.05, 4.69) is 248 Å². The molecule has 1 saturated carbocycles. The average Bonchev–Trinajstić information content (AvgIpc) is 3.84. The second-order valence-electron chi connectivity index (χ2n) is 20.9. The Morgan fingerprint density at radius 1 is 0.515 bits per heavy atom. The Morgan fingerprint density at radius 2 is 1.07 bits per heavy atom. The van der Waals surface area contributed by atoms with Gasteiger partial charge in [0.1, 0.15) is 0 Å². The first-order valence-corrected chi connectivity index (χ1v) is 25.3. The molecule has 1 fully saturated rings. The smallest absolute Gasteiger partial charge is 0.254 e. The molecule has 2 atom stereocenters. The van der Waals surface area contributed by atoms with Gasteiger partial charge < -0.3 is 19.6 Å². The van der Waals surface area contributed by atoms with Crippen LogP contribution in [0.4, 0.5) is 61.9 Å². The zero-order chi connectivity index (χ0) is 45.9. The van der Waals surface area contributed by atoms with Crippen molar-refractivity contribution in [1.82, 2.24) is 0 Å². The van der Waals surface area contributed by atoms with Gasteiger partial charge in [-0.25, -0.2) is 0 Å². The molecule has 0 N–H and O–H groups in total. The predicted molar refractivity (Wildman–Crippen MR) is 292 cm³/mol. The fourth-order valence-electron chi connectivity index (χ4n) is 12.6. The number of fused-ring (bicyclic) bond motifs is 9. The number of anilines is 11. The normalized spacial score (nSPS) is 19.0. The monoisotopic (exact) mass is 898 g/mol. The lowest BCUT2D eigenvalue weighted by atomic mass is 9.33. The summed E-state index contributed by atoms with van der Waals surface area (Å²) in [6.07, 6.45) is 4.77. The molecule has 1 aromatic heterocycles. The molecule has 4 heterocycles. The minimum Gasteiger partial charge on any atom is -0.334 e. The van der Waals surface area contributed by atoms with Crippen molar-refractivity contribution in [3.05, 3.63) is 205 Å². The van der Waals surface area contributed by atoms with Gasteiger partial charge in [-0.2, -0.15) is 0 Å². The van der Waals surface area contributed by atoms with Gasteiger partial charge >= 0.3 is 0 Å². The van der Waals surface area contributed by atoms with Crippen LogP contribution in [0.2, 0.25) is 0 Å². The predicted octanol–water partition coefficient (Wildman–Crippen LogP) is 15.5. The lowest BCUT2D eigenvalue weighted by molar-refractivity contribution is 0.195. The van der Waals surface area contributed by atoms with E-state index in [1.807, 2.05) is 11.3 Å². The van der Waals surface area contributed by atoms with Gasteiger partial charge in [0, 0.05) is 61.3 Å². The largest absolute Gasteiger partial charge is 0.334 e. The minimum absolute atomic E-state index is 0.0265. The summed E-state index contributed by atoms with van der Waals surface area (Å²) in [4.78, 5) is 10.4. The topological polar surface area (TPSA) is 13.0 Å². The van der Waals surface area contributed by atoms with Gasteiger partial charge in [0.25, 0.3) is 6.71 Å². The molecule has 332 valence electrons. The molecule has 4 nitrogen and oxygen atoms in total. The average molecular weight is 899 g/mol. The molecule has 0 amide bonds. The van der Waals surface area contributed by atoms with Gasteiger partial charge in [-0.05, 0) is 149 Å². The Morgan fingerprint density at radius 3 is 1.72 bits per heavy atom. The van der Waals surface area contributed by atoms with Crippen LogP contribution < -0.4 is 36.0 Å². The first-order chi connectivity index (χ1) is 33.1. The number of hydrogen-bond donors (Lipinski definition) is 0. The first kappa shape index (κ1) is 41.2. The van der Waals surface area contributed by atoms with Crippen LogP contribution in [-0.4, -0.2) is 12.3 Å². The molecule has 1 aliphatic carbocycles. The van der Waals surface area contributed by atoms with E-state index in [1.54, 1.807) is 0 Å². The molecule has 0 bridgehead atoms. The van der Waals surface area contributed by atoms with Crippen LogP contribution in [0.15, 0.2) is 194 Å². The van der Waals surface area contributed by atoms with Gasteiger partial charge in [0.05, 0.1) is 16.2 Å². The summed E-state index contributed by atoms with van der Waals surface area (Å²) < 4.78 is 1.31. The van der Waals surface area contributed by atoms with E-state index in [4.69, 9.17) is 0 Å². The number of nitrogens with zero attached hydrogens (tertiary/aromatic N) is 4. The lowest BCUT2D eigenvalue weighted by Gasteiger charge is -2.50. The van der Waals surface area contributed by atoms with Gasteiger partial charge in [-0.15, -0.1) is 11.3 Å². The van der Waals surface area contributed by atoms with Crippen molar-refractivity contribution in [2.24, 2.45) is 0 Å². The van der Waals surface area contributed by atoms with Crippen molar-refractivity contribution < 1.29 is 0 Å². The summed E-state index contributed by atoms with van der Waals surface area (Å²) in [5.74, 6) is 0. The number of hydrogen-bond acceptors (Lipinski definition) is 5. The van der Waals surface area contributed by atoms with Crippen molar-refractivity contribution in [2.75, 3.05) is 19.6 Å².